The SMILES string of the molecule is COC(=O)/C(=C\c1c(O)[nH]c(=S)[nH]c1=O)NC(C)=O. The largest absolute Gasteiger partial charge is 0.494 e. The summed E-state index contributed by atoms with van der Waals surface area (Å²) >= 11 is 4.65. The molecule has 0 aliphatic rings. The molecule has 1 rings (SSSR count). The van der Waals surface area contributed by atoms with Gasteiger partial charge in [0.2, 0.25) is 11.8 Å². The van der Waals surface area contributed by atoms with Crippen LogP contribution in [0, 0.1) is 4.77 Å². The van der Waals surface area contributed by atoms with Gasteiger partial charge in [-0.05, 0) is 18.3 Å². The molecule has 4 N–H and O–H groups in total. The Kier molecular flexibility index (Phi) is 4.59. The first-order valence-corrected chi connectivity index (χ1v) is 5.39. The quantitative estimate of drug-likeness (QED) is 0.346. The topological polar surface area (TPSA) is 124 Å². The number of aromatic nitrogens is 2. The maximum Gasteiger partial charge on any atom is 0.354 e. The number of hydrogen-bond acceptors (Lipinski definition) is 6. The highest BCUT2D eigenvalue weighted by Gasteiger charge is 2.14. The molecule has 0 aliphatic heterocycles. The first kappa shape index (κ1) is 14.6. The second-order valence-corrected chi connectivity index (χ2v) is 3.81. The smallest absolute Gasteiger partial charge is 0.354 e. The van der Waals surface area contributed by atoms with Gasteiger partial charge in [0, 0.05) is 6.92 Å². The van der Waals surface area contributed by atoms with Gasteiger partial charge in [-0.15, -0.1) is 0 Å². The monoisotopic (exact) mass is 285 g/mol. The highest BCUT2D eigenvalue weighted by Crippen LogP contribution is 2.11. The number of methoxy groups -OCH3 is 1. The first-order chi connectivity index (χ1) is 8.85. The summed E-state index contributed by atoms with van der Waals surface area (Å²) in [7, 11) is 1.11. The summed E-state index contributed by atoms with van der Waals surface area (Å²) in [4.78, 5) is 38.5. The molecular formula is C10H11N3O5S. The standard InChI is InChI=1S/C10H11N3O5S/c1-4(14)11-6(9(17)18-2)3-5-7(15)12-10(19)13-8(5)16/h3H,1-2H3,(H,11,14)(H3,12,13,15,16,19)/b6-3+. The third-order valence-corrected chi connectivity index (χ3v) is 2.17. The molecule has 1 heterocycles. The lowest BCUT2D eigenvalue weighted by Gasteiger charge is -2.06. The number of amides is 1. The second-order valence-electron chi connectivity index (χ2n) is 3.40. The minimum absolute atomic E-state index is 0.0706. The maximum atomic E-state index is 11.6. The number of H-pyrrole nitrogens is 2. The molecule has 0 atom stereocenters. The van der Waals surface area contributed by atoms with E-state index >= 15 is 0 Å². The van der Waals surface area contributed by atoms with Crippen LogP contribution in [0.3, 0.4) is 0 Å². The van der Waals surface area contributed by atoms with Gasteiger partial charge >= 0.3 is 5.97 Å². The third-order valence-electron chi connectivity index (χ3n) is 1.96. The first-order valence-electron chi connectivity index (χ1n) is 4.98. The molecule has 1 amide bonds. The second kappa shape index (κ2) is 5.96. The zero-order chi connectivity index (χ0) is 14.6. The van der Waals surface area contributed by atoms with Gasteiger partial charge in [0.1, 0.15) is 11.3 Å². The van der Waals surface area contributed by atoms with Crippen LogP contribution in [0.5, 0.6) is 5.88 Å². The molecule has 0 saturated heterocycles. The fraction of sp³-hybridized carbons (Fsp3) is 0.200. The normalized spacial score (nSPS) is 10.9. The van der Waals surface area contributed by atoms with Gasteiger partial charge in [-0.1, -0.05) is 0 Å². The number of nitrogens with one attached hydrogen (secondary N) is 3. The molecule has 9 heteroatoms. The number of carbonyl (C=O) groups excluding carboxylic acids is 2. The summed E-state index contributed by atoms with van der Waals surface area (Å²) in [6.45, 7) is 1.18. The molecule has 0 bridgehead atoms. The van der Waals surface area contributed by atoms with Crippen molar-refractivity contribution in [3.8, 4) is 5.88 Å². The lowest BCUT2D eigenvalue weighted by atomic mass is 10.2. The van der Waals surface area contributed by atoms with Crippen LogP contribution < -0.4 is 10.9 Å². The van der Waals surface area contributed by atoms with Gasteiger partial charge in [0.25, 0.3) is 5.56 Å². The summed E-state index contributed by atoms with van der Waals surface area (Å²) in [5.41, 5.74) is -1.27. The summed E-state index contributed by atoms with van der Waals surface area (Å²) < 4.78 is 4.37. The van der Waals surface area contributed by atoms with Crippen molar-refractivity contribution < 1.29 is 19.4 Å². The number of hydrogen-bond donors (Lipinski definition) is 4. The number of carbonyl (C=O) groups is 2. The molecule has 0 aliphatic carbocycles. The highest BCUT2D eigenvalue weighted by molar-refractivity contribution is 7.71. The van der Waals surface area contributed by atoms with E-state index in [0.717, 1.165) is 13.2 Å². The number of aromatic hydroxyl groups is 1. The molecular weight excluding hydrogens is 274 g/mol. The molecule has 0 aromatic carbocycles. The van der Waals surface area contributed by atoms with Crippen LogP contribution in [0.25, 0.3) is 6.08 Å². The summed E-state index contributed by atoms with van der Waals surface area (Å²) in [6.07, 6.45) is 0.979. The minimum atomic E-state index is -0.864. The molecule has 0 fully saturated rings. The fourth-order valence-electron chi connectivity index (χ4n) is 1.21. The van der Waals surface area contributed by atoms with E-state index in [4.69, 9.17) is 0 Å². The Morgan fingerprint density at radius 1 is 1.42 bits per heavy atom. The highest BCUT2D eigenvalue weighted by atomic mass is 32.1. The molecule has 0 unspecified atom stereocenters. The van der Waals surface area contributed by atoms with E-state index in [1.807, 2.05) is 0 Å². The van der Waals surface area contributed by atoms with Gasteiger partial charge < -0.3 is 20.1 Å². The number of ether oxygens (including phenoxy) is 1. The molecule has 0 spiro atoms. The maximum absolute atomic E-state index is 11.6. The summed E-state index contributed by atoms with van der Waals surface area (Å²) in [5, 5.41) is 11.7. The van der Waals surface area contributed by atoms with Crippen LogP contribution >= 0.6 is 12.2 Å². The Balaban J connectivity index is 3.37. The molecule has 0 saturated carbocycles. The Labute approximate surface area is 112 Å². The zero-order valence-corrected chi connectivity index (χ0v) is 10.9. The average Bonchev–Trinajstić information content (AvgIpc) is 2.30. The Morgan fingerprint density at radius 3 is 2.53 bits per heavy atom. The van der Waals surface area contributed by atoms with Crippen molar-refractivity contribution in [3.63, 3.8) is 0 Å². The van der Waals surface area contributed by atoms with Gasteiger partial charge in [-0.3, -0.25) is 14.6 Å². The third kappa shape index (κ3) is 3.78. The van der Waals surface area contributed by atoms with Gasteiger partial charge in [0.05, 0.1) is 7.11 Å². The van der Waals surface area contributed by atoms with Gasteiger partial charge in [-0.2, -0.15) is 0 Å². The Bertz CT molecular complexity index is 658. The fourth-order valence-corrected chi connectivity index (χ4v) is 1.40. The van der Waals surface area contributed by atoms with E-state index in [0.29, 0.717) is 0 Å². The van der Waals surface area contributed by atoms with E-state index in [1.165, 1.54) is 6.92 Å². The van der Waals surface area contributed by atoms with Crippen molar-refractivity contribution in [2.24, 2.45) is 0 Å². The number of rotatable bonds is 3. The summed E-state index contributed by atoms with van der Waals surface area (Å²) in [6, 6.07) is 0. The molecule has 0 radical (unpaired) electrons. The van der Waals surface area contributed by atoms with Crippen molar-refractivity contribution in [3.05, 3.63) is 26.4 Å². The lowest BCUT2D eigenvalue weighted by Crippen LogP contribution is -2.26. The predicted octanol–water partition coefficient (Wildman–Crippen LogP) is -0.212. The molecule has 1 aromatic heterocycles. The van der Waals surface area contributed by atoms with E-state index in [9.17, 15) is 19.5 Å². The van der Waals surface area contributed by atoms with E-state index in [2.05, 4.69) is 32.2 Å². The van der Waals surface area contributed by atoms with Gasteiger partial charge in [-0.25, -0.2) is 4.79 Å². The predicted molar refractivity (Wildman–Crippen MR) is 67.7 cm³/mol. The van der Waals surface area contributed by atoms with Crippen LogP contribution in [0.2, 0.25) is 0 Å². The van der Waals surface area contributed by atoms with Crippen molar-refractivity contribution in [1.82, 2.24) is 15.3 Å². The van der Waals surface area contributed by atoms with Crippen LogP contribution in [-0.4, -0.2) is 34.1 Å². The number of esters is 1. The number of aromatic amines is 2. The summed E-state index contributed by atoms with van der Waals surface area (Å²) in [5.74, 6) is -1.92. The van der Waals surface area contributed by atoms with Crippen molar-refractivity contribution in [2.75, 3.05) is 7.11 Å². The van der Waals surface area contributed by atoms with Crippen LogP contribution in [0.1, 0.15) is 12.5 Å². The molecule has 19 heavy (non-hydrogen) atoms. The van der Waals surface area contributed by atoms with Crippen LogP contribution in [0.15, 0.2) is 10.5 Å². The zero-order valence-electron chi connectivity index (χ0n) is 10.1. The van der Waals surface area contributed by atoms with Crippen LogP contribution in [-0.2, 0) is 14.3 Å². The minimum Gasteiger partial charge on any atom is -0.494 e. The van der Waals surface area contributed by atoms with Crippen molar-refractivity contribution in [1.29, 1.82) is 0 Å². The van der Waals surface area contributed by atoms with Gasteiger partial charge in [0.15, 0.2) is 4.77 Å². The lowest BCUT2D eigenvalue weighted by molar-refractivity contribution is -0.137. The van der Waals surface area contributed by atoms with Crippen molar-refractivity contribution >= 4 is 30.2 Å². The van der Waals surface area contributed by atoms with Crippen LogP contribution in [0.4, 0.5) is 0 Å². The average molecular weight is 285 g/mol. The van der Waals surface area contributed by atoms with E-state index in [1.54, 1.807) is 0 Å². The molecule has 8 nitrogen and oxygen atoms in total. The van der Waals surface area contributed by atoms with E-state index in [-0.39, 0.29) is 16.0 Å². The molecule has 1 aromatic rings. The van der Waals surface area contributed by atoms with E-state index < -0.39 is 23.3 Å². The Morgan fingerprint density at radius 2 is 2.05 bits per heavy atom. The Hall–Kier alpha value is -2.42. The molecule has 102 valence electrons. The van der Waals surface area contributed by atoms with Crippen molar-refractivity contribution in [2.45, 2.75) is 6.92 Å².